The lowest BCUT2D eigenvalue weighted by Crippen LogP contribution is -2.53. The predicted molar refractivity (Wildman–Crippen MR) is 78.1 cm³/mol. The quantitative estimate of drug-likeness (QED) is 0.768. The predicted octanol–water partition coefficient (Wildman–Crippen LogP) is 3.61. The molecule has 2 aliphatic heterocycles. The highest BCUT2D eigenvalue weighted by Gasteiger charge is 2.71. The minimum Gasteiger partial charge on any atom is -0.361 e. The van der Waals surface area contributed by atoms with Crippen LogP contribution < -0.4 is 0 Å². The van der Waals surface area contributed by atoms with Crippen LogP contribution in [0.2, 0.25) is 0 Å². The van der Waals surface area contributed by atoms with E-state index in [2.05, 4.69) is 56.0 Å². The molecule has 0 amide bonds. The average Bonchev–Trinajstić information content (AvgIpc) is 3.07. The van der Waals surface area contributed by atoms with Crippen molar-refractivity contribution >= 4 is 0 Å². The largest absolute Gasteiger partial charge is 0.361 e. The van der Waals surface area contributed by atoms with Gasteiger partial charge in [-0.05, 0) is 31.7 Å². The molecule has 1 aromatic rings. The van der Waals surface area contributed by atoms with Gasteiger partial charge in [-0.2, -0.15) is 0 Å². The zero-order valence-corrected chi connectivity index (χ0v) is 12.4. The summed E-state index contributed by atoms with van der Waals surface area (Å²) < 4.78 is 6.23. The molecule has 2 saturated heterocycles. The maximum absolute atomic E-state index is 6.23. The van der Waals surface area contributed by atoms with Gasteiger partial charge in [0.1, 0.15) is 5.60 Å². The van der Waals surface area contributed by atoms with Gasteiger partial charge in [-0.15, -0.1) is 0 Å². The molecule has 0 bridgehead atoms. The summed E-state index contributed by atoms with van der Waals surface area (Å²) in [5.41, 5.74) is 1.68. The molecular formula is C17H25NO. The Morgan fingerprint density at radius 3 is 2.63 bits per heavy atom. The van der Waals surface area contributed by atoms with Gasteiger partial charge in [0, 0.05) is 19.1 Å². The fourth-order valence-electron chi connectivity index (χ4n) is 4.14. The van der Waals surface area contributed by atoms with E-state index in [9.17, 15) is 0 Å². The highest BCUT2D eigenvalue weighted by atomic mass is 16.6. The molecule has 19 heavy (non-hydrogen) atoms. The summed E-state index contributed by atoms with van der Waals surface area (Å²) in [6, 6.07) is 11.4. The Morgan fingerprint density at radius 2 is 2.00 bits per heavy atom. The number of rotatable bonds is 4. The summed E-state index contributed by atoms with van der Waals surface area (Å²) >= 11 is 0. The van der Waals surface area contributed by atoms with Gasteiger partial charge in [-0.3, -0.25) is 4.90 Å². The molecule has 2 heterocycles. The zero-order valence-electron chi connectivity index (χ0n) is 12.4. The Hall–Kier alpha value is -0.860. The molecule has 0 N–H and O–H groups in total. The van der Waals surface area contributed by atoms with Gasteiger partial charge in [0.25, 0.3) is 0 Å². The van der Waals surface area contributed by atoms with Crippen LogP contribution in [0.1, 0.15) is 45.6 Å². The van der Waals surface area contributed by atoms with Gasteiger partial charge in [0.05, 0.1) is 5.60 Å². The molecule has 0 unspecified atom stereocenters. The van der Waals surface area contributed by atoms with Crippen molar-refractivity contribution in [3.63, 3.8) is 0 Å². The molecule has 0 aliphatic carbocycles. The Balaban J connectivity index is 1.79. The zero-order chi connectivity index (χ0) is 13.5. The normalized spacial score (nSPS) is 37.9. The maximum atomic E-state index is 6.23. The third kappa shape index (κ3) is 1.93. The number of piperidine rings is 1. The van der Waals surface area contributed by atoms with Gasteiger partial charge >= 0.3 is 0 Å². The summed E-state index contributed by atoms with van der Waals surface area (Å²) in [6.45, 7) is 9.10. The third-order valence-electron chi connectivity index (χ3n) is 5.26. The van der Waals surface area contributed by atoms with Crippen LogP contribution in [0.4, 0.5) is 0 Å². The molecule has 2 fully saturated rings. The molecule has 0 spiro atoms. The number of benzene rings is 1. The maximum Gasteiger partial charge on any atom is 0.113 e. The Kier molecular flexibility index (Phi) is 3.18. The minimum absolute atomic E-state index is 0.120. The van der Waals surface area contributed by atoms with E-state index in [1.54, 1.807) is 0 Å². The van der Waals surface area contributed by atoms with Crippen molar-refractivity contribution in [2.24, 2.45) is 0 Å². The third-order valence-corrected chi connectivity index (χ3v) is 5.26. The van der Waals surface area contributed by atoms with Crippen molar-refractivity contribution in [2.45, 2.75) is 63.8 Å². The number of ether oxygens (including phenoxy) is 1. The first kappa shape index (κ1) is 13.1. The van der Waals surface area contributed by atoms with Crippen molar-refractivity contribution in [2.75, 3.05) is 6.54 Å². The Bertz CT molecular complexity index is 446. The van der Waals surface area contributed by atoms with E-state index in [0.29, 0.717) is 6.04 Å². The molecule has 3 atom stereocenters. The van der Waals surface area contributed by atoms with Gasteiger partial charge in [0.15, 0.2) is 0 Å². The van der Waals surface area contributed by atoms with Crippen LogP contribution in [0.5, 0.6) is 0 Å². The van der Waals surface area contributed by atoms with E-state index in [1.807, 2.05) is 0 Å². The summed E-state index contributed by atoms with van der Waals surface area (Å²) in [5.74, 6) is 0. The lowest BCUT2D eigenvalue weighted by molar-refractivity contribution is 0.0855. The van der Waals surface area contributed by atoms with E-state index >= 15 is 0 Å². The number of hydrogen-bond acceptors (Lipinski definition) is 2. The molecule has 2 nitrogen and oxygen atoms in total. The number of epoxide rings is 1. The lowest BCUT2D eigenvalue weighted by Gasteiger charge is -2.40. The highest BCUT2D eigenvalue weighted by molar-refractivity contribution is 5.23. The first-order valence-corrected chi connectivity index (χ1v) is 7.63. The van der Waals surface area contributed by atoms with Crippen LogP contribution in [0.15, 0.2) is 30.3 Å². The van der Waals surface area contributed by atoms with Crippen LogP contribution in [0.25, 0.3) is 0 Å². The molecule has 0 saturated carbocycles. The van der Waals surface area contributed by atoms with Crippen LogP contribution in [-0.4, -0.2) is 28.7 Å². The SMILES string of the molecule is CC[C@H]1N(Cc2ccccc2)CC[C@@]2(C)O[C@@]12CC. The van der Waals surface area contributed by atoms with Crippen molar-refractivity contribution in [3.8, 4) is 0 Å². The van der Waals surface area contributed by atoms with Gasteiger partial charge in [-0.1, -0.05) is 44.2 Å². The van der Waals surface area contributed by atoms with Crippen LogP contribution in [0, 0.1) is 0 Å². The summed E-state index contributed by atoms with van der Waals surface area (Å²) in [4.78, 5) is 2.63. The monoisotopic (exact) mass is 259 g/mol. The number of nitrogens with zero attached hydrogens (tertiary/aromatic N) is 1. The smallest absolute Gasteiger partial charge is 0.113 e. The van der Waals surface area contributed by atoms with Crippen molar-refractivity contribution in [1.82, 2.24) is 4.90 Å². The molecule has 1 aromatic carbocycles. The standard InChI is InChI=1S/C17H25NO/c1-4-15-17(5-2)16(3,19-17)11-12-18(15)13-14-9-7-6-8-10-14/h6-10,15H,4-5,11-13H2,1-3H3/t15-,16-,17+/m1/s1. The average molecular weight is 259 g/mol. The van der Waals surface area contributed by atoms with Gasteiger partial charge < -0.3 is 4.74 Å². The first-order valence-electron chi connectivity index (χ1n) is 7.63. The second kappa shape index (κ2) is 4.60. The second-order valence-electron chi connectivity index (χ2n) is 6.21. The van der Waals surface area contributed by atoms with E-state index in [-0.39, 0.29) is 11.2 Å². The minimum atomic E-state index is 0.120. The fourth-order valence-corrected chi connectivity index (χ4v) is 4.14. The second-order valence-corrected chi connectivity index (χ2v) is 6.21. The molecule has 0 aromatic heterocycles. The summed E-state index contributed by atoms with van der Waals surface area (Å²) in [6.07, 6.45) is 3.48. The van der Waals surface area contributed by atoms with Gasteiger partial charge in [0.2, 0.25) is 0 Å². The highest BCUT2D eigenvalue weighted by Crippen LogP contribution is 2.59. The summed E-state index contributed by atoms with van der Waals surface area (Å²) in [5, 5.41) is 0. The Labute approximate surface area is 116 Å². The van der Waals surface area contributed by atoms with Crippen molar-refractivity contribution in [1.29, 1.82) is 0 Å². The molecule has 104 valence electrons. The van der Waals surface area contributed by atoms with Crippen LogP contribution >= 0.6 is 0 Å². The van der Waals surface area contributed by atoms with E-state index < -0.39 is 0 Å². The lowest BCUT2D eigenvalue weighted by atomic mass is 9.78. The van der Waals surface area contributed by atoms with Crippen LogP contribution in [0.3, 0.4) is 0 Å². The van der Waals surface area contributed by atoms with Crippen molar-refractivity contribution < 1.29 is 4.74 Å². The number of hydrogen-bond donors (Lipinski definition) is 0. The first-order chi connectivity index (χ1) is 9.15. The van der Waals surface area contributed by atoms with E-state index in [4.69, 9.17) is 4.74 Å². The van der Waals surface area contributed by atoms with Gasteiger partial charge in [-0.25, -0.2) is 0 Å². The molecule has 2 aliphatic rings. The fraction of sp³-hybridized carbons (Fsp3) is 0.647. The van der Waals surface area contributed by atoms with Crippen molar-refractivity contribution in [3.05, 3.63) is 35.9 Å². The molecule has 2 heteroatoms. The topological polar surface area (TPSA) is 15.8 Å². The molecular weight excluding hydrogens is 234 g/mol. The van der Waals surface area contributed by atoms with Crippen LogP contribution in [-0.2, 0) is 11.3 Å². The number of likely N-dealkylation sites (tertiary alicyclic amines) is 1. The molecule has 3 rings (SSSR count). The number of fused-ring (bicyclic) bond motifs is 1. The molecule has 0 radical (unpaired) electrons. The van der Waals surface area contributed by atoms with E-state index in [0.717, 1.165) is 19.5 Å². The van der Waals surface area contributed by atoms with E-state index in [1.165, 1.54) is 18.4 Å². The summed E-state index contributed by atoms with van der Waals surface area (Å²) in [7, 11) is 0. The Morgan fingerprint density at radius 1 is 1.26 bits per heavy atom.